The Morgan fingerprint density at radius 3 is 2.37 bits per heavy atom. The van der Waals surface area contributed by atoms with Gasteiger partial charge in [-0.05, 0) is 62.7 Å². The molecule has 1 fully saturated rings. The van der Waals surface area contributed by atoms with Crippen molar-refractivity contribution in [2.45, 2.75) is 36.0 Å². The zero-order chi connectivity index (χ0) is 21.5. The van der Waals surface area contributed by atoms with Gasteiger partial charge in [0.25, 0.3) is 5.69 Å². The van der Waals surface area contributed by atoms with Crippen molar-refractivity contribution in [3.05, 3.63) is 64.2 Å². The van der Waals surface area contributed by atoms with E-state index in [2.05, 4.69) is 22.3 Å². The maximum absolute atomic E-state index is 12.7. The van der Waals surface area contributed by atoms with Crippen LogP contribution >= 0.6 is 11.8 Å². The molecule has 2 unspecified atom stereocenters. The third-order valence-corrected chi connectivity index (χ3v) is 6.39. The van der Waals surface area contributed by atoms with Crippen molar-refractivity contribution in [2.75, 3.05) is 26.7 Å². The van der Waals surface area contributed by atoms with Gasteiger partial charge in [0, 0.05) is 23.6 Å². The SMILES string of the molecule is COc1ccc(C(CNC(=O)C(C)Sc2ccc([N+](=O)[O-])cc2)N2CCCC2)cc1. The van der Waals surface area contributed by atoms with E-state index < -0.39 is 4.92 Å². The standard InChI is InChI=1S/C22H27N3O4S/c1-16(30-20-11-7-18(8-12-20)25(27)28)22(26)23-15-21(24-13-3-4-14-24)17-5-9-19(29-2)10-6-17/h5-12,16,21H,3-4,13-15H2,1-2H3,(H,23,26). The molecule has 0 saturated carbocycles. The molecule has 160 valence electrons. The summed E-state index contributed by atoms with van der Waals surface area (Å²) in [6, 6.07) is 14.4. The summed E-state index contributed by atoms with van der Waals surface area (Å²) in [7, 11) is 1.65. The smallest absolute Gasteiger partial charge is 0.269 e. The number of nitro benzene ring substituents is 1. The highest BCUT2D eigenvalue weighted by Gasteiger charge is 2.25. The Morgan fingerprint density at radius 2 is 1.80 bits per heavy atom. The molecule has 0 bridgehead atoms. The summed E-state index contributed by atoms with van der Waals surface area (Å²) in [4.78, 5) is 26.3. The van der Waals surface area contributed by atoms with E-state index in [0.717, 1.165) is 29.3 Å². The molecule has 1 aliphatic rings. The number of likely N-dealkylation sites (tertiary alicyclic amines) is 1. The van der Waals surface area contributed by atoms with Crippen molar-refractivity contribution < 1.29 is 14.5 Å². The van der Waals surface area contributed by atoms with Gasteiger partial charge >= 0.3 is 0 Å². The number of ether oxygens (including phenoxy) is 1. The maximum Gasteiger partial charge on any atom is 0.269 e. The molecule has 7 nitrogen and oxygen atoms in total. The van der Waals surface area contributed by atoms with E-state index in [1.807, 2.05) is 19.1 Å². The number of nitro groups is 1. The van der Waals surface area contributed by atoms with Gasteiger partial charge < -0.3 is 10.1 Å². The number of nitrogens with zero attached hydrogens (tertiary/aromatic N) is 2. The summed E-state index contributed by atoms with van der Waals surface area (Å²) in [5, 5.41) is 13.6. The van der Waals surface area contributed by atoms with E-state index in [-0.39, 0.29) is 22.9 Å². The summed E-state index contributed by atoms with van der Waals surface area (Å²) < 4.78 is 5.26. The molecule has 2 aromatic carbocycles. The second-order valence-electron chi connectivity index (χ2n) is 7.29. The summed E-state index contributed by atoms with van der Waals surface area (Å²) in [6.07, 6.45) is 2.35. The molecule has 1 aliphatic heterocycles. The fraction of sp³-hybridized carbons (Fsp3) is 0.409. The fourth-order valence-corrected chi connectivity index (χ4v) is 4.47. The first-order valence-corrected chi connectivity index (χ1v) is 10.9. The van der Waals surface area contributed by atoms with Crippen LogP contribution < -0.4 is 10.1 Å². The van der Waals surface area contributed by atoms with Crippen LogP contribution in [0.4, 0.5) is 5.69 Å². The second kappa shape index (κ2) is 10.4. The number of non-ortho nitro benzene ring substituents is 1. The van der Waals surface area contributed by atoms with Crippen molar-refractivity contribution >= 4 is 23.4 Å². The first kappa shape index (κ1) is 22.1. The highest BCUT2D eigenvalue weighted by Crippen LogP contribution is 2.28. The molecule has 1 saturated heterocycles. The average molecular weight is 430 g/mol. The lowest BCUT2D eigenvalue weighted by molar-refractivity contribution is -0.384. The molecule has 2 atom stereocenters. The van der Waals surface area contributed by atoms with Crippen molar-refractivity contribution in [2.24, 2.45) is 0 Å². The molecule has 3 rings (SSSR count). The number of methoxy groups -OCH3 is 1. The molecule has 2 aromatic rings. The normalized spacial score (nSPS) is 16.1. The van der Waals surface area contributed by atoms with Crippen LogP contribution in [0.1, 0.15) is 31.4 Å². The van der Waals surface area contributed by atoms with Crippen molar-refractivity contribution in [1.29, 1.82) is 0 Å². The lowest BCUT2D eigenvalue weighted by Crippen LogP contribution is -2.39. The summed E-state index contributed by atoms with van der Waals surface area (Å²) in [6.45, 7) is 4.44. The van der Waals surface area contributed by atoms with Crippen LogP contribution in [0.15, 0.2) is 53.4 Å². The van der Waals surface area contributed by atoms with E-state index in [4.69, 9.17) is 4.74 Å². The fourth-order valence-electron chi connectivity index (χ4n) is 3.58. The quantitative estimate of drug-likeness (QED) is 0.368. The number of hydrogen-bond donors (Lipinski definition) is 1. The molecule has 0 radical (unpaired) electrons. The first-order valence-electron chi connectivity index (χ1n) is 10.0. The first-order chi connectivity index (χ1) is 14.5. The largest absolute Gasteiger partial charge is 0.497 e. The van der Waals surface area contributed by atoms with E-state index in [0.29, 0.717) is 6.54 Å². The maximum atomic E-state index is 12.7. The van der Waals surface area contributed by atoms with Crippen molar-refractivity contribution in [3.63, 3.8) is 0 Å². The average Bonchev–Trinajstić information content (AvgIpc) is 3.29. The molecular formula is C22H27N3O4S. The number of nitrogens with one attached hydrogen (secondary N) is 1. The molecular weight excluding hydrogens is 402 g/mol. The highest BCUT2D eigenvalue weighted by atomic mass is 32.2. The lowest BCUT2D eigenvalue weighted by atomic mass is 10.1. The van der Waals surface area contributed by atoms with Crippen LogP contribution in [0.25, 0.3) is 0 Å². The number of benzene rings is 2. The molecule has 8 heteroatoms. The molecule has 1 N–H and O–H groups in total. The van der Waals surface area contributed by atoms with Crippen LogP contribution in [0, 0.1) is 10.1 Å². The van der Waals surface area contributed by atoms with E-state index >= 15 is 0 Å². The molecule has 0 spiro atoms. The predicted octanol–water partition coefficient (Wildman–Crippen LogP) is 4.04. The Bertz CT molecular complexity index is 852. The Morgan fingerprint density at radius 1 is 1.17 bits per heavy atom. The minimum atomic E-state index is -0.428. The van der Waals surface area contributed by atoms with Crippen LogP contribution in [0.3, 0.4) is 0 Å². The monoisotopic (exact) mass is 429 g/mol. The third kappa shape index (κ3) is 5.73. The number of hydrogen-bond acceptors (Lipinski definition) is 6. The highest BCUT2D eigenvalue weighted by molar-refractivity contribution is 8.00. The number of carbonyl (C=O) groups excluding carboxylic acids is 1. The topological polar surface area (TPSA) is 84.7 Å². The zero-order valence-corrected chi connectivity index (χ0v) is 18.1. The van der Waals surface area contributed by atoms with Gasteiger partial charge in [-0.25, -0.2) is 0 Å². The van der Waals surface area contributed by atoms with Gasteiger partial charge in [0.15, 0.2) is 0 Å². The Hall–Kier alpha value is -2.58. The number of thioether (sulfide) groups is 1. The van der Waals surface area contributed by atoms with Crippen LogP contribution in [0.5, 0.6) is 5.75 Å². The van der Waals surface area contributed by atoms with Crippen LogP contribution in [0.2, 0.25) is 0 Å². The number of carbonyl (C=O) groups is 1. The van der Waals surface area contributed by atoms with Gasteiger partial charge in [0.05, 0.1) is 23.3 Å². The summed E-state index contributed by atoms with van der Waals surface area (Å²) in [5.41, 5.74) is 1.21. The summed E-state index contributed by atoms with van der Waals surface area (Å²) >= 11 is 1.39. The Balaban J connectivity index is 1.60. The van der Waals surface area contributed by atoms with Gasteiger partial charge in [-0.2, -0.15) is 0 Å². The van der Waals surface area contributed by atoms with Gasteiger partial charge in [-0.15, -0.1) is 11.8 Å². The van der Waals surface area contributed by atoms with Gasteiger partial charge in [0.2, 0.25) is 5.91 Å². The van der Waals surface area contributed by atoms with Crippen molar-refractivity contribution in [3.8, 4) is 5.75 Å². The van der Waals surface area contributed by atoms with Crippen LogP contribution in [-0.4, -0.2) is 47.7 Å². The molecule has 30 heavy (non-hydrogen) atoms. The summed E-state index contributed by atoms with van der Waals surface area (Å²) in [5.74, 6) is 0.770. The van der Waals surface area contributed by atoms with E-state index in [9.17, 15) is 14.9 Å². The predicted molar refractivity (Wildman–Crippen MR) is 118 cm³/mol. The van der Waals surface area contributed by atoms with Gasteiger partial charge in [-0.3, -0.25) is 19.8 Å². The Kier molecular flexibility index (Phi) is 7.70. The van der Waals surface area contributed by atoms with Gasteiger partial charge in [-0.1, -0.05) is 12.1 Å². The number of rotatable bonds is 9. The van der Waals surface area contributed by atoms with Crippen molar-refractivity contribution in [1.82, 2.24) is 10.2 Å². The van der Waals surface area contributed by atoms with Gasteiger partial charge in [0.1, 0.15) is 5.75 Å². The second-order valence-corrected chi connectivity index (χ2v) is 8.70. The number of amides is 1. The third-order valence-electron chi connectivity index (χ3n) is 5.28. The minimum absolute atomic E-state index is 0.0453. The Labute approximate surface area is 180 Å². The molecule has 0 aliphatic carbocycles. The minimum Gasteiger partial charge on any atom is -0.497 e. The zero-order valence-electron chi connectivity index (χ0n) is 17.2. The van der Waals surface area contributed by atoms with Crippen LogP contribution in [-0.2, 0) is 4.79 Å². The molecule has 1 amide bonds. The lowest BCUT2D eigenvalue weighted by Gasteiger charge is -2.28. The van der Waals surface area contributed by atoms with E-state index in [1.165, 1.54) is 36.7 Å². The molecule has 0 aromatic heterocycles. The van der Waals surface area contributed by atoms with E-state index in [1.54, 1.807) is 19.2 Å². The molecule has 1 heterocycles.